The molecule has 0 saturated carbocycles. The van der Waals surface area contributed by atoms with E-state index < -0.39 is 17.7 Å². The van der Waals surface area contributed by atoms with Crippen molar-refractivity contribution in [2.75, 3.05) is 0 Å². The zero-order chi connectivity index (χ0) is 18.3. The molecule has 0 radical (unpaired) electrons. The average molecular weight is 338 g/mol. The van der Waals surface area contributed by atoms with E-state index in [2.05, 4.69) is 10.6 Å². The lowest BCUT2D eigenvalue weighted by molar-refractivity contribution is -0.124. The molecule has 0 aliphatic rings. The number of nitrogens with one attached hydrogen (secondary N) is 2. The van der Waals surface area contributed by atoms with Crippen LogP contribution in [-0.2, 0) is 16.1 Å². The van der Waals surface area contributed by atoms with Crippen molar-refractivity contribution in [1.29, 1.82) is 0 Å². The summed E-state index contributed by atoms with van der Waals surface area (Å²) in [5, 5.41) is 5.41. The summed E-state index contributed by atoms with van der Waals surface area (Å²) < 4.78 is 18.1. The first-order valence-corrected chi connectivity index (χ1v) is 8.14. The highest BCUT2D eigenvalue weighted by molar-refractivity contribution is 5.85. The Bertz CT molecular complexity index is 552. The molecular weight excluding hydrogens is 311 g/mol. The van der Waals surface area contributed by atoms with Crippen LogP contribution < -0.4 is 10.6 Å². The van der Waals surface area contributed by atoms with E-state index in [1.165, 1.54) is 12.1 Å². The van der Waals surface area contributed by atoms with Crippen LogP contribution in [0.1, 0.15) is 46.6 Å². The van der Waals surface area contributed by atoms with Gasteiger partial charge in [0.25, 0.3) is 0 Å². The predicted octanol–water partition coefficient (Wildman–Crippen LogP) is 3.38. The minimum Gasteiger partial charge on any atom is -0.444 e. The molecule has 0 spiro atoms. The zero-order valence-electron chi connectivity index (χ0n) is 15.0. The number of hydrogen-bond donors (Lipinski definition) is 2. The molecule has 2 N–H and O–H groups in total. The molecule has 0 aliphatic carbocycles. The van der Waals surface area contributed by atoms with Crippen molar-refractivity contribution in [2.45, 2.75) is 59.2 Å². The highest BCUT2D eigenvalue weighted by Crippen LogP contribution is 2.12. The fourth-order valence-corrected chi connectivity index (χ4v) is 2.04. The van der Waals surface area contributed by atoms with Crippen LogP contribution in [0.5, 0.6) is 0 Å². The second-order valence-electron chi connectivity index (χ2n) is 6.85. The van der Waals surface area contributed by atoms with E-state index in [0.29, 0.717) is 0 Å². The fraction of sp³-hybridized carbons (Fsp3) is 0.556. The van der Waals surface area contributed by atoms with E-state index in [9.17, 15) is 14.0 Å². The molecule has 2 amide bonds. The van der Waals surface area contributed by atoms with Gasteiger partial charge in [-0.25, -0.2) is 9.18 Å². The molecule has 0 aromatic heterocycles. The van der Waals surface area contributed by atoms with E-state index in [4.69, 9.17) is 4.74 Å². The van der Waals surface area contributed by atoms with Crippen LogP contribution in [0.25, 0.3) is 0 Å². The maximum atomic E-state index is 12.9. The predicted molar refractivity (Wildman–Crippen MR) is 90.9 cm³/mol. The Balaban J connectivity index is 2.67. The molecule has 2 unspecified atom stereocenters. The van der Waals surface area contributed by atoms with Gasteiger partial charge in [0.15, 0.2) is 0 Å². The standard InChI is InChI=1S/C18H27FN2O3/c1-6-12(2)15(21-17(23)24-18(3,4)5)16(22)20-11-13-7-9-14(19)10-8-13/h7-10,12,15H,6,11H2,1-5H3,(H,20,22)(H,21,23). The quantitative estimate of drug-likeness (QED) is 0.835. The normalized spacial score (nSPS) is 13.8. The molecule has 134 valence electrons. The monoisotopic (exact) mass is 338 g/mol. The Hall–Kier alpha value is -2.11. The summed E-state index contributed by atoms with van der Waals surface area (Å²) in [4.78, 5) is 24.4. The molecular formula is C18H27FN2O3. The van der Waals surface area contributed by atoms with Gasteiger partial charge in [-0.2, -0.15) is 0 Å². The molecule has 0 fully saturated rings. The molecule has 0 heterocycles. The number of carbonyl (C=O) groups is 2. The van der Waals surface area contributed by atoms with E-state index in [0.717, 1.165) is 12.0 Å². The van der Waals surface area contributed by atoms with Gasteiger partial charge in [-0.3, -0.25) is 4.79 Å². The second-order valence-corrected chi connectivity index (χ2v) is 6.85. The summed E-state index contributed by atoms with van der Waals surface area (Å²) in [5.41, 5.74) is 0.152. The molecule has 0 saturated heterocycles. The third-order valence-corrected chi connectivity index (χ3v) is 3.55. The van der Waals surface area contributed by atoms with Crippen molar-refractivity contribution in [3.8, 4) is 0 Å². The van der Waals surface area contributed by atoms with Crippen LogP contribution in [0.15, 0.2) is 24.3 Å². The van der Waals surface area contributed by atoms with Crippen LogP contribution in [0.3, 0.4) is 0 Å². The zero-order valence-corrected chi connectivity index (χ0v) is 15.0. The minimum absolute atomic E-state index is 0.0502. The number of rotatable bonds is 6. The lowest BCUT2D eigenvalue weighted by Gasteiger charge is -2.26. The van der Waals surface area contributed by atoms with Crippen molar-refractivity contribution in [2.24, 2.45) is 5.92 Å². The Morgan fingerprint density at radius 1 is 1.21 bits per heavy atom. The van der Waals surface area contributed by atoms with E-state index >= 15 is 0 Å². The van der Waals surface area contributed by atoms with Gasteiger partial charge >= 0.3 is 6.09 Å². The SMILES string of the molecule is CCC(C)C(NC(=O)OC(C)(C)C)C(=O)NCc1ccc(F)cc1. The lowest BCUT2D eigenvalue weighted by Crippen LogP contribution is -2.51. The first kappa shape index (κ1) is 19.9. The van der Waals surface area contributed by atoms with Crippen LogP contribution >= 0.6 is 0 Å². The molecule has 5 nitrogen and oxygen atoms in total. The smallest absolute Gasteiger partial charge is 0.408 e. The van der Waals surface area contributed by atoms with Crippen LogP contribution in [0.2, 0.25) is 0 Å². The Morgan fingerprint density at radius 2 is 1.79 bits per heavy atom. The Morgan fingerprint density at radius 3 is 2.29 bits per heavy atom. The van der Waals surface area contributed by atoms with Crippen molar-refractivity contribution in [3.05, 3.63) is 35.6 Å². The molecule has 2 atom stereocenters. The van der Waals surface area contributed by atoms with Crippen molar-refractivity contribution in [3.63, 3.8) is 0 Å². The summed E-state index contributed by atoms with van der Waals surface area (Å²) >= 11 is 0. The maximum Gasteiger partial charge on any atom is 0.408 e. The van der Waals surface area contributed by atoms with Gasteiger partial charge in [-0.05, 0) is 44.4 Å². The Labute approximate surface area is 143 Å². The molecule has 1 aromatic rings. The van der Waals surface area contributed by atoms with Crippen molar-refractivity contribution < 1.29 is 18.7 Å². The van der Waals surface area contributed by atoms with Gasteiger partial charge in [-0.15, -0.1) is 0 Å². The highest BCUT2D eigenvalue weighted by atomic mass is 19.1. The first-order valence-electron chi connectivity index (χ1n) is 8.14. The number of hydrogen-bond acceptors (Lipinski definition) is 3. The molecule has 0 aliphatic heterocycles. The number of benzene rings is 1. The Kier molecular flexibility index (Phi) is 7.19. The van der Waals surface area contributed by atoms with Crippen LogP contribution in [0, 0.1) is 11.7 Å². The van der Waals surface area contributed by atoms with Crippen molar-refractivity contribution >= 4 is 12.0 Å². The second kappa shape index (κ2) is 8.66. The van der Waals surface area contributed by atoms with Crippen LogP contribution in [-0.4, -0.2) is 23.6 Å². The molecule has 1 rings (SSSR count). The number of carbonyl (C=O) groups excluding carboxylic acids is 2. The molecule has 6 heteroatoms. The molecule has 1 aromatic carbocycles. The number of alkyl carbamates (subject to hydrolysis) is 1. The average Bonchev–Trinajstić information content (AvgIpc) is 2.49. The minimum atomic E-state index is -0.690. The van der Waals surface area contributed by atoms with Gasteiger partial charge in [0.1, 0.15) is 17.5 Å². The summed E-state index contributed by atoms with van der Waals surface area (Å²) in [5.74, 6) is -0.667. The third kappa shape index (κ3) is 6.98. The third-order valence-electron chi connectivity index (χ3n) is 3.55. The topological polar surface area (TPSA) is 67.4 Å². The summed E-state index contributed by atoms with van der Waals surface area (Å²) in [6.07, 6.45) is 0.106. The van der Waals surface area contributed by atoms with Crippen LogP contribution in [0.4, 0.5) is 9.18 Å². The van der Waals surface area contributed by atoms with E-state index in [1.54, 1.807) is 32.9 Å². The number of amides is 2. The van der Waals surface area contributed by atoms with Gasteiger partial charge in [0, 0.05) is 6.54 Å². The largest absolute Gasteiger partial charge is 0.444 e. The van der Waals surface area contributed by atoms with Gasteiger partial charge in [-0.1, -0.05) is 32.4 Å². The van der Waals surface area contributed by atoms with Gasteiger partial charge < -0.3 is 15.4 Å². The number of ether oxygens (including phenoxy) is 1. The fourth-order valence-electron chi connectivity index (χ4n) is 2.04. The number of halogens is 1. The molecule has 0 bridgehead atoms. The summed E-state index contributed by atoms with van der Waals surface area (Å²) in [7, 11) is 0. The van der Waals surface area contributed by atoms with E-state index in [1.807, 2.05) is 13.8 Å². The first-order chi connectivity index (χ1) is 11.1. The van der Waals surface area contributed by atoms with Crippen molar-refractivity contribution in [1.82, 2.24) is 10.6 Å². The van der Waals surface area contributed by atoms with E-state index in [-0.39, 0.29) is 24.2 Å². The summed E-state index contributed by atoms with van der Waals surface area (Å²) in [6, 6.07) is 5.20. The maximum absolute atomic E-state index is 12.9. The molecule has 24 heavy (non-hydrogen) atoms. The van der Waals surface area contributed by atoms with Gasteiger partial charge in [0.2, 0.25) is 5.91 Å². The summed E-state index contributed by atoms with van der Waals surface area (Å²) in [6.45, 7) is 9.39. The lowest BCUT2D eigenvalue weighted by atomic mass is 9.98. The highest BCUT2D eigenvalue weighted by Gasteiger charge is 2.28. The van der Waals surface area contributed by atoms with Gasteiger partial charge in [0.05, 0.1) is 0 Å².